The van der Waals surface area contributed by atoms with E-state index in [-0.39, 0.29) is 19.2 Å². The summed E-state index contributed by atoms with van der Waals surface area (Å²) in [5, 5.41) is 9.59. The molecule has 1 N–H and O–H groups in total. The van der Waals surface area contributed by atoms with Crippen LogP contribution in [-0.4, -0.2) is 37.0 Å². The molecule has 4 heteroatoms. The molecule has 0 heterocycles. The second-order valence-corrected chi connectivity index (χ2v) is 13.3. The molecule has 0 aromatic carbocycles. The van der Waals surface area contributed by atoms with Crippen LogP contribution >= 0.6 is 0 Å². The Hall–Kier alpha value is -2.17. The summed E-state index contributed by atoms with van der Waals surface area (Å²) in [6, 6.07) is 0. The van der Waals surface area contributed by atoms with Gasteiger partial charge in [0.05, 0.1) is 13.2 Å². The highest BCUT2D eigenvalue weighted by Gasteiger charge is 2.13. The van der Waals surface area contributed by atoms with Crippen LogP contribution < -0.4 is 0 Å². The Balaban J connectivity index is 3.52. The van der Waals surface area contributed by atoms with Gasteiger partial charge in [0.15, 0.2) is 0 Å². The quantitative estimate of drug-likeness (QED) is 0.0402. The average molecular weight is 683 g/mol. The normalized spacial score (nSPS) is 13.1. The lowest BCUT2D eigenvalue weighted by Crippen LogP contribution is -2.27. The molecule has 0 bridgehead atoms. The molecular weight excluding hydrogens is 604 g/mol. The van der Waals surface area contributed by atoms with Crippen LogP contribution in [0.5, 0.6) is 0 Å². The van der Waals surface area contributed by atoms with Crippen LogP contribution in [0.2, 0.25) is 0 Å². The van der Waals surface area contributed by atoms with Crippen molar-refractivity contribution in [3.8, 4) is 0 Å². The number of aliphatic hydroxyl groups excluding tert-OH is 1. The van der Waals surface area contributed by atoms with E-state index in [4.69, 9.17) is 9.47 Å². The van der Waals surface area contributed by atoms with Gasteiger partial charge in [0.25, 0.3) is 0 Å². The Morgan fingerprint density at radius 1 is 0.510 bits per heavy atom. The molecule has 0 saturated carbocycles. The summed E-state index contributed by atoms with van der Waals surface area (Å²) in [6.07, 6.45) is 56.7. The SMILES string of the molecule is CC/C=C\C/C=C\C/C=C\C/C=C\C/C=C\CCCCCCCCOCC(CO)OC(=O)CCCCCCC/C=C\CCCCCCCC. The van der Waals surface area contributed by atoms with Gasteiger partial charge in [0.2, 0.25) is 0 Å². The molecule has 1 unspecified atom stereocenters. The van der Waals surface area contributed by atoms with Crippen molar-refractivity contribution in [2.24, 2.45) is 0 Å². The minimum atomic E-state index is -0.549. The van der Waals surface area contributed by atoms with Crippen LogP contribution in [0.4, 0.5) is 0 Å². The molecule has 1 atom stereocenters. The Bertz CT molecular complexity index is 850. The summed E-state index contributed by atoms with van der Waals surface area (Å²) in [6.45, 7) is 5.18. The lowest BCUT2D eigenvalue weighted by atomic mass is 10.1. The van der Waals surface area contributed by atoms with Crippen LogP contribution in [0, 0.1) is 0 Å². The second-order valence-electron chi connectivity index (χ2n) is 13.3. The molecule has 49 heavy (non-hydrogen) atoms. The maximum atomic E-state index is 12.2. The first-order chi connectivity index (χ1) is 24.2. The summed E-state index contributed by atoms with van der Waals surface area (Å²) in [5.74, 6) is -0.218. The van der Waals surface area contributed by atoms with Gasteiger partial charge in [-0.25, -0.2) is 0 Å². The van der Waals surface area contributed by atoms with Gasteiger partial charge in [0.1, 0.15) is 6.10 Å². The Morgan fingerprint density at radius 2 is 0.918 bits per heavy atom. The van der Waals surface area contributed by atoms with E-state index in [1.54, 1.807) is 0 Å². The molecular formula is C45H78O4. The van der Waals surface area contributed by atoms with Crippen molar-refractivity contribution in [3.05, 3.63) is 72.9 Å². The van der Waals surface area contributed by atoms with Crippen molar-refractivity contribution in [2.75, 3.05) is 19.8 Å². The van der Waals surface area contributed by atoms with Gasteiger partial charge < -0.3 is 14.6 Å². The molecule has 0 aromatic rings. The van der Waals surface area contributed by atoms with Gasteiger partial charge in [0, 0.05) is 13.0 Å². The number of hydrogen-bond acceptors (Lipinski definition) is 4. The maximum Gasteiger partial charge on any atom is 0.306 e. The summed E-state index contributed by atoms with van der Waals surface area (Å²) in [5.41, 5.74) is 0. The van der Waals surface area contributed by atoms with Crippen molar-refractivity contribution in [3.63, 3.8) is 0 Å². The lowest BCUT2D eigenvalue weighted by molar-refractivity contribution is -0.154. The first kappa shape index (κ1) is 46.8. The predicted molar refractivity (Wildman–Crippen MR) is 214 cm³/mol. The van der Waals surface area contributed by atoms with Crippen molar-refractivity contribution < 1.29 is 19.4 Å². The zero-order chi connectivity index (χ0) is 35.6. The third kappa shape index (κ3) is 40.1. The van der Waals surface area contributed by atoms with E-state index in [9.17, 15) is 9.90 Å². The van der Waals surface area contributed by atoms with Gasteiger partial charge >= 0.3 is 5.97 Å². The number of allylic oxidation sites excluding steroid dienone is 12. The van der Waals surface area contributed by atoms with Crippen LogP contribution in [0.25, 0.3) is 0 Å². The number of aliphatic hydroxyl groups is 1. The molecule has 0 rings (SSSR count). The first-order valence-corrected chi connectivity index (χ1v) is 20.5. The smallest absolute Gasteiger partial charge is 0.306 e. The number of carbonyl (C=O) groups excluding carboxylic acids is 1. The van der Waals surface area contributed by atoms with E-state index >= 15 is 0 Å². The van der Waals surface area contributed by atoms with Crippen molar-refractivity contribution >= 4 is 5.97 Å². The highest BCUT2D eigenvalue weighted by atomic mass is 16.6. The standard InChI is InChI=1S/C45H78O4/c1-3-5-7-9-11-13-15-17-19-20-21-22-23-24-25-27-29-31-33-35-37-39-41-48-43-44(42-46)49-45(47)40-38-36-34-32-30-28-26-18-16-14-12-10-8-6-4-2/h5,7,11,13,17-19,21-22,24-26,44,46H,3-4,6,8-10,12,14-16,20,23,27-43H2,1-2H3/b7-5-,13-11-,19-17-,22-21-,25-24-,26-18-. The minimum absolute atomic E-state index is 0.185. The van der Waals surface area contributed by atoms with Crippen LogP contribution in [0.3, 0.4) is 0 Å². The van der Waals surface area contributed by atoms with Gasteiger partial charge in [-0.3, -0.25) is 4.79 Å². The average Bonchev–Trinajstić information content (AvgIpc) is 3.11. The van der Waals surface area contributed by atoms with E-state index in [2.05, 4.69) is 86.8 Å². The summed E-state index contributed by atoms with van der Waals surface area (Å²) >= 11 is 0. The number of rotatable bonds is 37. The van der Waals surface area contributed by atoms with Crippen molar-refractivity contribution in [1.29, 1.82) is 0 Å². The summed E-state index contributed by atoms with van der Waals surface area (Å²) < 4.78 is 11.1. The third-order valence-electron chi connectivity index (χ3n) is 8.52. The van der Waals surface area contributed by atoms with Crippen molar-refractivity contribution in [2.45, 2.75) is 187 Å². The molecule has 0 aliphatic heterocycles. The van der Waals surface area contributed by atoms with Crippen LogP contribution in [0.15, 0.2) is 72.9 Å². The zero-order valence-corrected chi connectivity index (χ0v) is 32.2. The Labute approximate surface area is 304 Å². The molecule has 0 aromatic heterocycles. The fourth-order valence-corrected chi connectivity index (χ4v) is 5.47. The number of hydrogen-bond donors (Lipinski definition) is 1. The van der Waals surface area contributed by atoms with E-state index in [0.29, 0.717) is 13.0 Å². The third-order valence-corrected chi connectivity index (χ3v) is 8.52. The molecule has 0 amide bonds. The number of esters is 1. The molecule has 0 spiro atoms. The van der Waals surface area contributed by atoms with Gasteiger partial charge in [-0.15, -0.1) is 0 Å². The molecule has 0 aliphatic carbocycles. The Kier molecular flexibility index (Phi) is 40.1. The Morgan fingerprint density at radius 3 is 1.41 bits per heavy atom. The van der Waals surface area contributed by atoms with E-state index in [1.807, 2.05) is 0 Å². The van der Waals surface area contributed by atoms with Gasteiger partial charge in [-0.2, -0.15) is 0 Å². The maximum absolute atomic E-state index is 12.2. The molecule has 0 fully saturated rings. The molecule has 282 valence electrons. The predicted octanol–water partition coefficient (Wildman–Crippen LogP) is 13.4. The van der Waals surface area contributed by atoms with E-state index in [0.717, 1.165) is 70.6 Å². The van der Waals surface area contributed by atoms with Gasteiger partial charge in [-0.05, 0) is 83.5 Å². The zero-order valence-electron chi connectivity index (χ0n) is 32.2. The molecule has 4 nitrogen and oxygen atoms in total. The summed E-state index contributed by atoms with van der Waals surface area (Å²) in [4.78, 5) is 12.2. The second kappa shape index (κ2) is 42.0. The molecule has 0 saturated heterocycles. The topological polar surface area (TPSA) is 55.8 Å². The summed E-state index contributed by atoms with van der Waals surface area (Å²) in [7, 11) is 0. The largest absolute Gasteiger partial charge is 0.457 e. The number of ether oxygens (including phenoxy) is 2. The number of carbonyl (C=O) groups is 1. The van der Waals surface area contributed by atoms with E-state index < -0.39 is 6.10 Å². The molecule has 0 radical (unpaired) electrons. The fraction of sp³-hybridized carbons (Fsp3) is 0.711. The highest BCUT2D eigenvalue weighted by Crippen LogP contribution is 2.12. The van der Waals surface area contributed by atoms with Crippen LogP contribution in [0.1, 0.15) is 181 Å². The minimum Gasteiger partial charge on any atom is -0.457 e. The highest BCUT2D eigenvalue weighted by molar-refractivity contribution is 5.69. The monoisotopic (exact) mass is 683 g/mol. The lowest BCUT2D eigenvalue weighted by Gasteiger charge is -2.15. The fourth-order valence-electron chi connectivity index (χ4n) is 5.47. The van der Waals surface area contributed by atoms with E-state index in [1.165, 1.54) is 89.9 Å². The first-order valence-electron chi connectivity index (χ1n) is 20.5. The number of unbranched alkanes of at least 4 members (excludes halogenated alkanes) is 17. The van der Waals surface area contributed by atoms with Crippen LogP contribution in [-0.2, 0) is 14.3 Å². The van der Waals surface area contributed by atoms with Gasteiger partial charge in [-0.1, -0.05) is 164 Å². The molecule has 0 aliphatic rings. The van der Waals surface area contributed by atoms with Crippen molar-refractivity contribution in [1.82, 2.24) is 0 Å².